The number of nitriles is 1. The predicted molar refractivity (Wildman–Crippen MR) is 131 cm³/mol. The number of hydrogen-bond donors (Lipinski definition) is 2. The Morgan fingerprint density at radius 2 is 1.69 bits per heavy atom. The molecule has 0 atom stereocenters. The highest BCUT2D eigenvalue weighted by molar-refractivity contribution is 5.99. The lowest BCUT2D eigenvalue weighted by molar-refractivity contribution is 0.0951. The third-order valence-corrected chi connectivity index (χ3v) is 5.42. The Bertz CT molecular complexity index is 1380. The molecule has 0 bridgehead atoms. The highest BCUT2D eigenvalue weighted by atomic mass is 19.1. The smallest absolute Gasteiger partial charge is 0.255 e. The van der Waals surface area contributed by atoms with Crippen LogP contribution in [-0.4, -0.2) is 17.4 Å². The summed E-state index contributed by atoms with van der Waals surface area (Å²) in [5.41, 5.74) is 3.56. The molecule has 0 aliphatic carbocycles. The van der Waals surface area contributed by atoms with Crippen LogP contribution in [0.25, 0.3) is 11.3 Å². The molecule has 1 amide bonds. The van der Waals surface area contributed by atoms with Crippen LogP contribution < -0.4 is 10.6 Å². The Balaban J connectivity index is 1.57. The molecule has 0 spiro atoms. The van der Waals surface area contributed by atoms with Gasteiger partial charge in [0.25, 0.3) is 5.91 Å². The topological polar surface area (TPSA) is 77.8 Å². The Morgan fingerprint density at radius 3 is 2.46 bits per heavy atom. The molecule has 1 aromatic heterocycles. The fourth-order valence-corrected chi connectivity index (χ4v) is 3.63. The second-order valence-electron chi connectivity index (χ2n) is 7.87. The summed E-state index contributed by atoms with van der Waals surface area (Å²) in [6.07, 6.45) is 0.523. The first kappa shape index (κ1) is 23.6. The second-order valence-corrected chi connectivity index (χ2v) is 7.87. The highest BCUT2D eigenvalue weighted by Crippen LogP contribution is 2.25. The number of halogens is 2. The molecule has 5 nitrogen and oxygen atoms in total. The summed E-state index contributed by atoms with van der Waals surface area (Å²) in [4.78, 5) is 17.6. The summed E-state index contributed by atoms with van der Waals surface area (Å²) in [6.45, 7) is 0.638. The van der Waals surface area contributed by atoms with E-state index in [0.29, 0.717) is 41.2 Å². The normalized spacial score (nSPS) is 10.4. The van der Waals surface area contributed by atoms with Gasteiger partial charge < -0.3 is 10.6 Å². The summed E-state index contributed by atoms with van der Waals surface area (Å²) in [7, 11) is 0. The van der Waals surface area contributed by atoms with E-state index in [-0.39, 0.29) is 24.1 Å². The first-order valence-electron chi connectivity index (χ1n) is 11.0. The van der Waals surface area contributed by atoms with Crippen LogP contribution in [0.3, 0.4) is 0 Å². The van der Waals surface area contributed by atoms with Crippen LogP contribution in [0.2, 0.25) is 0 Å². The van der Waals surface area contributed by atoms with Crippen LogP contribution in [0.15, 0.2) is 84.9 Å². The zero-order chi connectivity index (χ0) is 24.6. The minimum atomic E-state index is -0.352. The molecule has 3 aromatic carbocycles. The van der Waals surface area contributed by atoms with Crippen LogP contribution in [0, 0.1) is 23.0 Å². The van der Waals surface area contributed by atoms with E-state index in [1.807, 2.05) is 12.1 Å². The number of hydrogen-bond acceptors (Lipinski definition) is 4. The molecule has 0 saturated carbocycles. The summed E-state index contributed by atoms with van der Waals surface area (Å²) < 4.78 is 26.7. The van der Waals surface area contributed by atoms with Crippen molar-refractivity contribution in [3.05, 3.63) is 119 Å². The molecule has 174 valence electrons. The number of rotatable bonds is 8. The van der Waals surface area contributed by atoms with Crippen molar-refractivity contribution >= 4 is 11.7 Å². The second kappa shape index (κ2) is 11.0. The Kier molecular flexibility index (Phi) is 7.44. The van der Waals surface area contributed by atoms with Crippen molar-refractivity contribution in [1.29, 1.82) is 5.26 Å². The van der Waals surface area contributed by atoms with Crippen molar-refractivity contribution < 1.29 is 13.6 Å². The third kappa shape index (κ3) is 6.06. The van der Waals surface area contributed by atoms with E-state index in [9.17, 15) is 18.8 Å². The van der Waals surface area contributed by atoms with Gasteiger partial charge in [0.1, 0.15) is 17.5 Å². The molecule has 4 aromatic rings. The molecule has 0 unspecified atom stereocenters. The summed E-state index contributed by atoms with van der Waals surface area (Å²) >= 11 is 0. The van der Waals surface area contributed by atoms with Gasteiger partial charge in [-0.1, -0.05) is 42.5 Å². The van der Waals surface area contributed by atoms with Gasteiger partial charge in [0, 0.05) is 18.7 Å². The number of amides is 1. The lowest BCUT2D eigenvalue weighted by atomic mass is 10.0. The van der Waals surface area contributed by atoms with Crippen LogP contribution in [0.4, 0.5) is 14.6 Å². The molecular formula is C28H22F2N4O. The molecule has 0 radical (unpaired) electrons. The van der Waals surface area contributed by atoms with E-state index in [1.54, 1.807) is 48.5 Å². The molecule has 0 saturated heterocycles. The number of anilines is 1. The lowest BCUT2D eigenvalue weighted by Crippen LogP contribution is -2.24. The number of pyridine rings is 1. The maximum absolute atomic E-state index is 13.5. The molecular weight excluding hydrogens is 446 g/mol. The zero-order valence-corrected chi connectivity index (χ0v) is 18.8. The van der Waals surface area contributed by atoms with Gasteiger partial charge in [-0.25, -0.2) is 13.8 Å². The Hall–Kier alpha value is -4.57. The highest BCUT2D eigenvalue weighted by Gasteiger charge is 2.16. The first-order valence-corrected chi connectivity index (χ1v) is 11.0. The molecule has 1 heterocycles. The zero-order valence-electron chi connectivity index (χ0n) is 18.8. The van der Waals surface area contributed by atoms with Crippen molar-refractivity contribution in [3.8, 4) is 17.3 Å². The molecule has 7 heteroatoms. The average Bonchev–Trinajstić information content (AvgIpc) is 2.88. The maximum atomic E-state index is 13.5. The van der Waals surface area contributed by atoms with Gasteiger partial charge in [0.2, 0.25) is 0 Å². The van der Waals surface area contributed by atoms with E-state index in [2.05, 4.69) is 21.7 Å². The Labute approximate surface area is 202 Å². The summed E-state index contributed by atoms with van der Waals surface area (Å²) in [5.74, 6) is -0.655. The van der Waals surface area contributed by atoms with E-state index in [4.69, 9.17) is 0 Å². The average molecular weight is 469 g/mol. The van der Waals surface area contributed by atoms with Gasteiger partial charge >= 0.3 is 0 Å². The molecule has 0 aliphatic heterocycles. The van der Waals surface area contributed by atoms with E-state index in [1.165, 1.54) is 24.3 Å². The number of carbonyl (C=O) groups excluding carboxylic acids is 1. The van der Waals surface area contributed by atoms with Crippen LogP contribution in [0.5, 0.6) is 0 Å². The molecule has 2 N–H and O–H groups in total. The predicted octanol–water partition coefficient (Wildman–Crippen LogP) is 5.48. The quantitative estimate of drug-likeness (QED) is 0.359. The van der Waals surface area contributed by atoms with Crippen molar-refractivity contribution in [2.45, 2.75) is 13.0 Å². The third-order valence-electron chi connectivity index (χ3n) is 5.42. The minimum Gasteiger partial charge on any atom is -0.369 e. The Morgan fingerprint density at radius 1 is 0.886 bits per heavy atom. The van der Waals surface area contributed by atoms with Crippen molar-refractivity contribution in [2.24, 2.45) is 0 Å². The number of nitrogens with one attached hydrogen (secondary N) is 2. The summed E-state index contributed by atoms with van der Waals surface area (Å²) in [6, 6.07) is 24.8. The monoisotopic (exact) mass is 468 g/mol. The van der Waals surface area contributed by atoms with Crippen LogP contribution in [-0.2, 0) is 13.0 Å². The van der Waals surface area contributed by atoms with Crippen LogP contribution in [0.1, 0.15) is 27.0 Å². The lowest BCUT2D eigenvalue weighted by Gasteiger charge is -2.14. The number of carbonyl (C=O) groups is 1. The number of aromatic nitrogens is 1. The van der Waals surface area contributed by atoms with Gasteiger partial charge in [-0.3, -0.25) is 4.79 Å². The standard InChI is InChI=1S/C28H22F2N4O/c29-22-10-8-20(9-11-22)18-33-28(35)25-12-13-26(24-7-2-1-5-21(24)17-31)34-27(25)32-15-14-19-4-3-6-23(30)16-19/h1-13,16H,14-15,18H2,(H,32,34)(H,33,35). The molecule has 35 heavy (non-hydrogen) atoms. The van der Waals surface area contributed by atoms with Crippen LogP contribution >= 0.6 is 0 Å². The number of benzene rings is 3. The van der Waals surface area contributed by atoms with Gasteiger partial charge in [0.05, 0.1) is 22.9 Å². The minimum absolute atomic E-state index is 0.223. The van der Waals surface area contributed by atoms with Crippen molar-refractivity contribution in [3.63, 3.8) is 0 Å². The van der Waals surface area contributed by atoms with E-state index >= 15 is 0 Å². The molecule has 0 fully saturated rings. The van der Waals surface area contributed by atoms with Gasteiger partial charge in [-0.05, 0) is 60.0 Å². The molecule has 4 rings (SSSR count). The summed E-state index contributed by atoms with van der Waals surface area (Å²) in [5, 5.41) is 15.5. The number of nitrogens with zero attached hydrogens (tertiary/aromatic N) is 2. The maximum Gasteiger partial charge on any atom is 0.255 e. The van der Waals surface area contributed by atoms with Crippen molar-refractivity contribution in [2.75, 3.05) is 11.9 Å². The van der Waals surface area contributed by atoms with E-state index < -0.39 is 0 Å². The molecule has 0 aliphatic rings. The van der Waals surface area contributed by atoms with Gasteiger partial charge in [0.15, 0.2) is 0 Å². The van der Waals surface area contributed by atoms with Gasteiger partial charge in [-0.2, -0.15) is 5.26 Å². The first-order chi connectivity index (χ1) is 17.0. The fraction of sp³-hybridized carbons (Fsp3) is 0.107. The van der Waals surface area contributed by atoms with E-state index in [0.717, 1.165) is 11.1 Å². The van der Waals surface area contributed by atoms with Crippen molar-refractivity contribution in [1.82, 2.24) is 10.3 Å². The fourth-order valence-electron chi connectivity index (χ4n) is 3.63. The largest absolute Gasteiger partial charge is 0.369 e. The SMILES string of the molecule is N#Cc1ccccc1-c1ccc(C(=O)NCc2ccc(F)cc2)c(NCCc2cccc(F)c2)n1. The van der Waals surface area contributed by atoms with Gasteiger partial charge in [-0.15, -0.1) is 0 Å².